The van der Waals surface area contributed by atoms with Crippen LogP contribution in [0.2, 0.25) is 5.02 Å². The molecule has 2 aromatic rings. The fourth-order valence-electron chi connectivity index (χ4n) is 2.82. The third kappa shape index (κ3) is 4.23. The van der Waals surface area contributed by atoms with Gasteiger partial charge in [0.05, 0.1) is 23.4 Å². The number of anilines is 3. The number of ether oxygens (including phenoxy) is 1. The lowest BCUT2D eigenvalue weighted by Crippen LogP contribution is -2.44. The summed E-state index contributed by atoms with van der Waals surface area (Å²) in [7, 11) is 3.46. The SMILES string of the molecule is COC(=O)c1ccc(Cl)c(Nc2cc(N3CCN(C)CC3)nc(C)n2)c1. The van der Waals surface area contributed by atoms with Crippen LogP contribution in [0.3, 0.4) is 0 Å². The number of methoxy groups -OCH3 is 1. The molecule has 1 saturated heterocycles. The number of piperazine rings is 1. The number of rotatable bonds is 4. The minimum Gasteiger partial charge on any atom is -0.465 e. The maximum atomic E-state index is 11.7. The number of halogens is 1. The summed E-state index contributed by atoms with van der Waals surface area (Å²) >= 11 is 6.26. The van der Waals surface area contributed by atoms with Crippen molar-refractivity contribution < 1.29 is 9.53 Å². The lowest BCUT2D eigenvalue weighted by molar-refractivity contribution is 0.0601. The van der Waals surface area contributed by atoms with E-state index in [1.54, 1.807) is 18.2 Å². The zero-order valence-corrected chi connectivity index (χ0v) is 15.9. The van der Waals surface area contributed by atoms with Crippen LogP contribution in [-0.2, 0) is 4.74 Å². The van der Waals surface area contributed by atoms with Crippen molar-refractivity contribution in [3.8, 4) is 0 Å². The number of hydrogen-bond acceptors (Lipinski definition) is 7. The number of aromatic nitrogens is 2. The summed E-state index contributed by atoms with van der Waals surface area (Å²) in [4.78, 5) is 25.3. The summed E-state index contributed by atoms with van der Waals surface area (Å²) < 4.78 is 4.76. The molecule has 0 aliphatic carbocycles. The molecule has 1 aromatic heterocycles. The number of aryl methyl sites for hydroxylation is 1. The molecule has 26 heavy (non-hydrogen) atoms. The van der Waals surface area contributed by atoms with E-state index in [2.05, 4.69) is 32.1 Å². The van der Waals surface area contributed by atoms with Gasteiger partial charge in [-0.1, -0.05) is 11.6 Å². The summed E-state index contributed by atoms with van der Waals surface area (Å²) in [5, 5.41) is 3.69. The van der Waals surface area contributed by atoms with Crippen LogP contribution in [-0.4, -0.2) is 61.2 Å². The number of esters is 1. The Balaban J connectivity index is 1.85. The molecule has 8 heteroatoms. The molecular formula is C18H22ClN5O2. The van der Waals surface area contributed by atoms with E-state index in [-0.39, 0.29) is 0 Å². The lowest BCUT2D eigenvalue weighted by Gasteiger charge is -2.33. The molecule has 0 radical (unpaired) electrons. The third-order valence-electron chi connectivity index (χ3n) is 4.30. The molecule has 1 aliphatic heterocycles. The van der Waals surface area contributed by atoms with Crippen molar-refractivity contribution in [1.82, 2.24) is 14.9 Å². The van der Waals surface area contributed by atoms with Gasteiger partial charge in [-0.15, -0.1) is 0 Å². The molecule has 7 nitrogen and oxygen atoms in total. The number of likely N-dealkylation sites (N-methyl/N-ethyl adjacent to an activating group) is 1. The number of hydrogen-bond donors (Lipinski definition) is 1. The van der Waals surface area contributed by atoms with E-state index in [0.29, 0.717) is 27.9 Å². The van der Waals surface area contributed by atoms with Crippen molar-refractivity contribution in [2.24, 2.45) is 0 Å². The van der Waals surface area contributed by atoms with Crippen molar-refractivity contribution in [1.29, 1.82) is 0 Å². The normalized spacial score (nSPS) is 15.0. The highest BCUT2D eigenvalue weighted by atomic mass is 35.5. The van der Waals surface area contributed by atoms with E-state index < -0.39 is 5.97 Å². The maximum Gasteiger partial charge on any atom is 0.337 e. The van der Waals surface area contributed by atoms with Gasteiger partial charge in [-0.25, -0.2) is 14.8 Å². The van der Waals surface area contributed by atoms with Crippen LogP contribution in [0.4, 0.5) is 17.3 Å². The fourth-order valence-corrected chi connectivity index (χ4v) is 2.98. The van der Waals surface area contributed by atoms with Gasteiger partial charge in [-0.3, -0.25) is 0 Å². The number of benzene rings is 1. The summed E-state index contributed by atoms with van der Waals surface area (Å²) in [6, 6.07) is 6.84. The second-order valence-electron chi connectivity index (χ2n) is 6.26. The van der Waals surface area contributed by atoms with Gasteiger partial charge in [-0.2, -0.15) is 0 Å². The summed E-state index contributed by atoms with van der Waals surface area (Å²) in [5.74, 6) is 1.77. The molecule has 0 unspecified atom stereocenters. The second kappa shape index (κ2) is 7.88. The van der Waals surface area contributed by atoms with Crippen molar-refractivity contribution in [2.45, 2.75) is 6.92 Å². The Labute approximate surface area is 157 Å². The van der Waals surface area contributed by atoms with E-state index in [9.17, 15) is 4.79 Å². The van der Waals surface area contributed by atoms with Crippen molar-refractivity contribution in [3.05, 3.63) is 40.7 Å². The molecule has 0 spiro atoms. The van der Waals surface area contributed by atoms with Crippen LogP contribution in [0.25, 0.3) is 0 Å². The van der Waals surface area contributed by atoms with E-state index >= 15 is 0 Å². The van der Waals surface area contributed by atoms with Crippen LogP contribution in [0.1, 0.15) is 16.2 Å². The van der Waals surface area contributed by atoms with Gasteiger partial charge in [-0.05, 0) is 32.2 Å². The number of carbonyl (C=O) groups is 1. The third-order valence-corrected chi connectivity index (χ3v) is 4.63. The zero-order chi connectivity index (χ0) is 18.7. The van der Waals surface area contributed by atoms with Crippen molar-refractivity contribution in [3.63, 3.8) is 0 Å². The van der Waals surface area contributed by atoms with Gasteiger partial charge in [0, 0.05) is 32.2 Å². The van der Waals surface area contributed by atoms with E-state index in [1.807, 2.05) is 13.0 Å². The molecule has 1 aromatic carbocycles. The quantitative estimate of drug-likeness (QED) is 0.824. The van der Waals surface area contributed by atoms with Crippen LogP contribution < -0.4 is 10.2 Å². The van der Waals surface area contributed by atoms with Gasteiger partial charge in [0.15, 0.2) is 0 Å². The molecular weight excluding hydrogens is 354 g/mol. The zero-order valence-electron chi connectivity index (χ0n) is 15.1. The molecule has 0 bridgehead atoms. The van der Waals surface area contributed by atoms with Crippen LogP contribution >= 0.6 is 11.6 Å². The highest BCUT2D eigenvalue weighted by Gasteiger charge is 2.17. The van der Waals surface area contributed by atoms with Crippen molar-refractivity contribution >= 4 is 34.9 Å². The van der Waals surface area contributed by atoms with Crippen LogP contribution in [0.15, 0.2) is 24.3 Å². The first-order chi connectivity index (χ1) is 12.5. The smallest absolute Gasteiger partial charge is 0.337 e. The Hall–Kier alpha value is -2.38. The second-order valence-corrected chi connectivity index (χ2v) is 6.67. The van der Waals surface area contributed by atoms with Gasteiger partial charge >= 0.3 is 5.97 Å². The highest BCUT2D eigenvalue weighted by molar-refractivity contribution is 6.33. The predicted octanol–water partition coefficient (Wildman–Crippen LogP) is 2.72. The Bertz CT molecular complexity index is 806. The van der Waals surface area contributed by atoms with E-state index in [0.717, 1.165) is 32.0 Å². The minimum atomic E-state index is -0.415. The van der Waals surface area contributed by atoms with Gasteiger partial charge in [0.2, 0.25) is 0 Å². The molecule has 2 heterocycles. The Morgan fingerprint density at radius 3 is 2.62 bits per heavy atom. The summed E-state index contributed by atoms with van der Waals surface area (Å²) in [5.41, 5.74) is 1.02. The predicted molar refractivity (Wildman–Crippen MR) is 103 cm³/mol. The van der Waals surface area contributed by atoms with Gasteiger partial charge < -0.3 is 19.9 Å². The average Bonchev–Trinajstić information content (AvgIpc) is 2.63. The minimum absolute atomic E-state index is 0.415. The van der Waals surface area contributed by atoms with Crippen molar-refractivity contribution in [2.75, 3.05) is 50.6 Å². The number of nitrogens with zero attached hydrogens (tertiary/aromatic N) is 4. The first-order valence-electron chi connectivity index (χ1n) is 8.40. The van der Waals surface area contributed by atoms with Crippen LogP contribution in [0.5, 0.6) is 0 Å². The molecule has 1 N–H and O–H groups in total. The fraction of sp³-hybridized carbons (Fsp3) is 0.389. The lowest BCUT2D eigenvalue weighted by atomic mass is 10.2. The Morgan fingerprint density at radius 2 is 1.92 bits per heavy atom. The topological polar surface area (TPSA) is 70.6 Å². The Kier molecular flexibility index (Phi) is 5.58. The molecule has 0 saturated carbocycles. The molecule has 1 aliphatic rings. The summed E-state index contributed by atoms with van der Waals surface area (Å²) in [6.45, 7) is 5.70. The maximum absolute atomic E-state index is 11.7. The van der Waals surface area contributed by atoms with Crippen LogP contribution in [0, 0.1) is 6.92 Å². The molecule has 1 fully saturated rings. The van der Waals surface area contributed by atoms with E-state index in [4.69, 9.17) is 16.3 Å². The largest absolute Gasteiger partial charge is 0.465 e. The van der Waals surface area contributed by atoms with E-state index in [1.165, 1.54) is 7.11 Å². The number of nitrogens with one attached hydrogen (secondary N) is 1. The molecule has 3 rings (SSSR count). The Morgan fingerprint density at radius 1 is 1.19 bits per heavy atom. The van der Waals surface area contributed by atoms with Gasteiger partial charge in [0.25, 0.3) is 0 Å². The highest BCUT2D eigenvalue weighted by Crippen LogP contribution is 2.27. The first-order valence-corrected chi connectivity index (χ1v) is 8.78. The first kappa shape index (κ1) is 18.4. The molecule has 0 amide bonds. The standard InChI is InChI=1S/C18H22ClN5O2/c1-12-20-16(11-17(21-12)24-8-6-23(2)7-9-24)22-15-10-13(18(25)26-3)4-5-14(15)19/h4-5,10-11H,6-9H2,1-3H3,(H,20,21,22). The number of carbonyl (C=O) groups excluding carboxylic acids is 1. The summed E-state index contributed by atoms with van der Waals surface area (Å²) in [6.07, 6.45) is 0. The molecule has 138 valence electrons. The van der Waals surface area contributed by atoms with Gasteiger partial charge in [0.1, 0.15) is 17.5 Å². The monoisotopic (exact) mass is 375 g/mol. The average molecular weight is 376 g/mol. The molecule has 0 atom stereocenters.